The van der Waals surface area contributed by atoms with E-state index in [4.69, 9.17) is 15.5 Å². The topological polar surface area (TPSA) is 73.9 Å². The van der Waals surface area contributed by atoms with Crippen LogP contribution in [-0.4, -0.2) is 21.1 Å². The van der Waals surface area contributed by atoms with Crippen molar-refractivity contribution < 1.29 is 4.74 Å². The number of anilines is 1. The van der Waals surface area contributed by atoms with Gasteiger partial charge in [-0.05, 0) is 50.2 Å². The fraction of sp³-hybridized carbons (Fsp3) is 0.136. The molecular weight excluding hydrogens is 336 g/mol. The Bertz CT molecular complexity index is 1080. The molecular formula is C22H20N4O. The van der Waals surface area contributed by atoms with E-state index in [1.54, 1.807) is 0 Å². The minimum absolute atomic E-state index is 0.144. The third-order valence-electron chi connectivity index (χ3n) is 4.13. The number of nitrogen functional groups attached to an aromatic ring is 1. The molecule has 0 bridgehead atoms. The molecule has 0 spiro atoms. The molecule has 0 saturated heterocycles. The second kappa shape index (κ2) is 7.03. The number of benzene rings is 2. The predicted molar refractivity (Wildman–Crippen MR) is 108 cm³/mol. The van der Waals surface area contributed by atoms with E-state index < -0.39 is 0 Å². The summed E-state index contributed by atoms with van der Waals surface area (Å²) in [6.07, 6.45) is 0.144. The number of pyridine rings is 1. The Hall–Kier alpha value is -3.47. The van der Waals surface area contributed by atoms with Crippen LogP contribution in [0.2, 0.25) is 0 Å². The molecule has 134 valence electrons. The van der Waals surface area contributed by atoms with Crippen LogP contribution in [0.5, 0.6) is 5.75 Å². The minimum atomic E-state index is 0.144. The molecule has 4 rings (SSSR count). The van der Waals surface area contributed by atoms with Crippen LogP contribution in [0.15, 0.2) is 66.7 Å². The second-order valence-corrected chi connectivity index (χ2v) is 6.55. The number of aromatic nitrogens is 3. The van der Waals surface area contributed by atoms with E-state index >= 15 is 0 Å². The lowest BCUT2D eigenvalue weighted by Crippen LogP contribution is -2.05. The van der Waals surface area contributed by atoms with Crippen LogP contribution in [0.25, 0.3) is 33.5 Å². The van der Waals surface area contributed by atoms with Crippen molar-refractivity contribution in [2.75, 3.05) is 5.73 Å². The molecule has 2 N–H and O–H groups in total. The number of ether oxygens (including phenoxy) is 1. The molecule has 5 nitrogen and oxygen atoms in total. The molecule has 0 fully saturated rings. The molecule has 2 aromatic heterocycles. The van der Waals surface area contributed by atoms with E-state index in [-0.39, 0.29) is 12.1 Å². The molecule has 0 aliphatic rings. The van der Waals surface area contributed by atoms with Crippen LogP contribution in [0, 0.1) is 0 Å². The Morgan fingerprint density at radius 2 is 1.52 bits per heavy atom. The minimum Gasteiger partial charge on any atom is -0.491 e. The first-order valence-electron chi connectivity index (χ1n) is 8.87. The molecule has 5 heteroatoms. The van der Waals surface area contributed by atoms with Gasteiger partial charge in [-0.2, -0.15) is 0 Å². The Morgan fingerprint density at radius 1 is 0.778 bits per heavy atom. The summed E-state index contributed by atoms with van der Waals surface area (Å²) in [5.74, 6) is 1.08. The monoisotopic (exact) mass is 356 g/mol. The van der Waals surface area contributed by atoms with Gasteiger partial charge in [-0.1, -0.05) is 30.3 Å². The number of hydrogen-bond donors (Lipinski definition) is 1. The van der Waals surface area contributed by atoms with Crippen molar-refractivity contribution in [2.45, 2.75) is 20.0 Å². The van der Waals surface area contributed by atoms with Crippen molar-refractivity contribution in [3.63, 3.8) is 0 Å². The SMILES string of the molecule is CC(C)Oc1ccc(-c2ccc3nc(N)nc(-c4ccccc4)c3n2)cc1. The van der Waals surface area contributed by atoms with E-state index in [0.717, 1.165) is 39.3 Å². The summed E-state index contributed by atoms with van der Waals surface area (Å²) in [5.41, 5.74) is 10.9. The lowest BCUT2D eigenvalue weighted by Gasteiger charge is -2.11. The summed E-state index contributed by atoms with van der Waals surface area (Å²) in [6, 6.07) is 21.7. The highest BCUT2D eigenvalue weighted by molar-refractivity contribution is 5.91. The molecule has 2 aromatic carbocycles. The molecule has 4 aromatic rings. The van der Waals surface area contributed by atoms with Gasteiger partial charge in [0.05, 0.1) is 17.3 Å². The van der Waals surface area contributed by atoms with Gasteiger partial charge in [0.15, 0.2) is 0 Å². The zero-order valence-electron chi connectivity index (χ0n) is 15.3. The van der Waals surface area contributed by atoms with Gasteiger partial charge in [0.1, 0.15) is 17.0 Å². The molecule has 0 radical (unpaired) electrons. The summed E-state index contributed by atoms with van der Waals surface area (Å²) in [5, 5.41) is 0. The quantitative estimate of drug-likeness (QED) is 0.572. The third kappa shape index (κ3) is 3.58. The molecule has 0 atom stereocenters. The Morgan fingerprint density at radius 3 is 2.22 bits per heavy atom. The fourth-order valence-corrected chi connectivity index (χ4v) is 2.97. The highest BCUT2D eigenvalue weighted by Gasteiger charge is 2.12. The summed E-state index contributed by atoms with van der Waals surface area (Å²) >= 11 is 0. The maximum absolute atomic E-state index is 5.90. The van der Waals surface area contributed by atoms with Crippen molar-refractivity contribution in [2.24, 2.45) is 0 Å². The van der Waals surface area contributed by atoms with Crippen molar-refractivity contribution in [3.05, 3.63) is 66.7 Å². The zero-order valence-corrected chi connectivity index (χ0v) is 15.3. The van der Waals surface area contributed by atoms with Crippen LogP contribution < -0.4 is 10.5 Å². The lowest BCUT2D eigenvalue weighted by molar-refractivity contribution is 0.242. The maximum atomic E-state index is 5.90. The molecule has 0 saturated carbocycles. The first-order chi connectivity index (χ1) is 13.1. The van der Waals surface area contributed by atoms with E-state index in [2.05, 4.69) is 9.97 Å². The summed E-state index contributed by atoms with van der Waals surface area (Å²) in [7, 11) is 0. The molecule has 0 amide bonds. The van der Waals surface area contributed by atoms with E-state index in [1.807, 2.05) is 80.6 Å². The average Bonchev–Trinajstić information content (AvgIpc) is 2.68. The highest BCUT2D eigenvalue weighted by Crippen LogP contribution is 2.28. The highest BCUT2D eigenvalue weighted by atomic mass is 16.5. The van der Waals surface area contributed by atoms with Crippen LogP contribution in [0.3, 0.4) is 0 Å². The first-order valence-corrected chi connectivity index (χ1v) is 8.87. The van der Waals surface area contributed by atoms with Crippen molar-refractivity contribution in [1.82, 2.24) is 15.0 Å². The Labute approximate surface area is 157 Å². The number of nitrogens with two attached hydrogens (primary N) is 1. The smallest absolute Gasteiger partial charge is 0.221 e. The number of rotatable bonds is 4. The molecule has 0 aliphatic heterocycles. The van der Waals surface area contributed by atoms with Crippen LogP contribution in [0.1, 0.15) is 13.8 Å². The van der Waals surface area contributed by atoms with Crippen LogP contribution in [-0.2, 0) is 0 Å². The van der Waals surface area contributed by atoms with Crippen LogP contribution in [0.4, 0.5) is 5.95 Å². The van der Waals surface area contributed by atoms with Gasteiger partial charge >= 0.3 is 0 Å². The number of nitrogens with zero attached hydrogens (tertiary/aromatic N) is 3. The van der Waals surface area contributed by atoms with Gasteiger partial charge in [-0.15, -0.1) is 0 Å². The van der Waals surface area contributed by atoms with Crippen LogP contribution >= 0.6 is 0 Å². The van der Waals surface area contributed by atoms with Crippen molar-refractivity contribution in [1.29, 1.82) is 0 Å². The average molecular weight is 356 g/mol. The van der Waals surface area contributed by atoms with Gasteiger partial charge in [-0.3, -0.25) is 0 Å². The Balaban J connectivity index is 1.81. The molecule has 2 heterocycles. The number of fused-ring (bicyclic) bond motifs is 1. The standard InChI is InChI=1S/C22H20N4O/c1-14(2)27-17-10-8-15(9-11-17)18-12-13-19-21(24-18)20(26-22(23)25-19)16-6-4-3-5-7-16/h3-14H,1-2H3,(H2,23,25,26). The first kappa shape index (κ1) is 17.0. The molecule has 27 heavy (non-hydrogen) atoms. The van der Waals surface area contributed by atoms with Gasteiger partial charge < -0.3 is 10.5 Å². The summed E-state index contributed by atoms with van der Waals surface area (Å²) in [4.78, 5) is 13.6. The van der Waals surface area contributed by atoms with Gasteiger partial charge in [0.25, 0.3) is 0 Å². The molecule has 0 unspecified atom stereocenters. The normalized spacial score (nSPS) is 11.1. The summed E-state index contributed by atoms with van der Waals surface area (Å²) in [6.45, 7) is 4.02. The lowest BCUT2D eigenvalue weighted by atomic mass is 10.1. The van der Waals surface area contributed by atoms with E-state index in [0.29, 0.717) is 0 Å². The fourth-order valence-electron chi connectivity index (χ4n) is 2.97. The zero-order chi connectivity index (χ0) is 18.8. The van der Waals surface area contributed by atoms with Gasteiger partial charge in [0, 0.05) is 11.1 Å². The maximum Gasteiger partial charge on any atom is 0.221 e. The summed E-state index contributed by atoms with van der Waals surface area (Å²) < 4.78 is 5.71. The van der Waals surface area contributed by atoms with E-state index in [1.165, 1.54) is 0 Å². The third-order valence-corrected chi connectivity index (χ3v) is 4.13. The number of hydrogen-bond acceptors (Lipinski definition) is 5. The molecule has 0 aliphatic carbocycles. The van der Waals surface area contributed by atoms with E-state index in [9.17, 15) is 0 Å². The van der Waals surface area contributed by atoms with Gasteiger partial charge in [0.2, 0.25) is 5.95 Å². The predicted octanol–water partition coefficient (Wildman–Crippen LogP) is 4.73. The second-order valence-electron chi connectivity index (χ2n) is 6.55. The Kier molecular flexibility index (Phi) is 4.42. The van der Waals surface area contributed by atoms with Gasteiger partial charge in [-0.25, -0.2) is 15.0 Å². The largest absolute Gasteiger partial charge is 0.491 e. The van der Waals surface area contributed by atoms with Crippen molar-refractivity contribution in [3.8, 4) is 28.3 Å². The van der Waals surface area contributed by atoms with Crippen molar-refractivity contribution >= 4 is 17.0 Å².